The van der Waals surface area contributed by atoms with Crippen LogP contribution >= 0.6 is 0 Å². The number of rotatable bonds is 2. The Morgan fingerprint density at radius 2 is 2.07 bits per heavy atom. The van der Waals surface area contributed by atoms with E-state index in [0.29, 0.717) is 29.8 Å². The highest BCUT2D eigenvalue weighted by Crippen LogP contribution is 2.45. The number of aliphatic imine (C=N–C) groups is 1. The van der Waals surface area contributed by atoms with Crippen molar-refractivity contribution in [3.05, 3.63) is 72.1 Å². The summed E-state index contributed by atoms with van der Waals surface area (Å²) in [7, 11) is 0. The molecule has 0 spiro atoms. The summed E-state index contributed by atoms with van der Waals surface area (Å²) in [6.07, 6.45) is 3.98. The van der Waals surface area contributed by atoms with E-state index in [1.165, 1.54) is 12.1 Å². The SMILES string of the molecule is NC1=CNC([C@@H]2CCOc3ccccc32)(n2cnc3ccc(F)cc32)N=C1N. The van der Waals surface area contributed by atoms with Gasteiger partial charge in [-0.15, -0.1) is 0 Å². The van der Waals surface area contributed by atoms with E-state index in [9.17, 15) is 4.39 Å². The number of nitrogens with zero attached hydrogens (tertiary/aromatic N) is 3. The summed E-state index contributed by atoms with van der Waals surface area (Å²) < 4.78 is 21.7. The Bertz CT molecular complexity index is 1140. The first-order chi connectivity index (χ1) is 13.6. The fourth-order valence-corrected chi connectivity index (χ4v) is 4.02. The molecule has 7 nitrogen and oxygen atoms in total. The Hall–Kier alpha value is -3.55. The molecule has 0 fully saturated rings. The maximum Gasteiger partial charge on any atom is 0.221 e. The summed E-state index contributed by atoms with van der Waals surface area (Å²) in [4.78, 5) is 9.21. The van der Waals surface area contributed by atoms with Crippen molar-refractivity contribution in [1.29, 1.82) is 0 Å². The Kier molecular flexibility index (Phi) is 3.55. The molecule has 2 atom stereocenters. The molecule has 0 saturated heterocycles. The van der Waals surface area contributed by atoms with Crippen LogP contribution in [0.4, 0.5) is 4.39 Å². The van der Waals surface area contributed by atoms with Gasteiger partial charge in [-0.05, 0) is 30.7 Å². The van der Waals surface area contributed by atoms with Gasteiger partial charge in [-0.1, -0.05) is 18.2 Å². The number of para-hydroxylation sites is 1. The minimum absolute atomic E-state index is 0.138. The first-order valence-corrected chi connectivity index (χ1v) is 9.02. The summed E-state index contributed by atoms with van der Waals surface area (Å²) in [6.45, 7) is 0.528. The van der Waals surface area contributed by atoms with E-state index in [1.807, 2.05) is 28.8 Å². The molecule has 1 aromatic heterocycles. The molecule has 1 unspecified atom stereocenters. The lowest BCUT2D eigenvalue weighted by atomic mass is 9.85. The van der Waals surface area contributed by atoms with Gasteiger partial charge >= 0.3 is 0 Å². The molecule has 5 rings (SSSR count). The molecule has 3 aromatic rings. The number of nitrogens with one attached hydrogen (secondary N) is 1. The fraction of sp³-hybridized carbons (Fsp3) is 0.200. The number of imidazole rings is 1. The van der Waals surface area contributed by atoms with E-state index in [2.05, 4.69) is 10.3 Å². The molecule has 2 aliphatic heterocycles. The van der Waals surface area contributed by atoms with Crippen LogP contribution in [0.2, 0.25) is 0 Å². The van der Waals surface area contributed by atoms with Crippen molar-refractivity contribution in [2.24, 2.45) is 16.5 Å². The van der Waals surface area contributed by atoms with Crippen molar-refractivity contribution in [2.45, 2.75) is 18.1 Å². The monoisotopic (exact) mass is 378 g/mol. The van der Waals surface area contributed by atoms with Gasteiger partial charge in [0, 0.05) is 11.8 Å². The van der Waals surface area contributed by atoms with Crippen LogP contribution in [-0.4, -0.2) is 22.0 Å². The predicted octanol–water partition coefficient (Wildman–Crippen LogP) is 2.11. The molecule has 0 amide bonds. The zero-order valence-corrected chi connectivity index (χ0v) is 15.0. The highest BCUT2D eigenvalue weighted by Gasteiger charge is 2.46. The Labute approximate surface area is 160 Å². The van der Waals surface area contributed by atoms with Crippen molar-refractivity contribution in [1.82, 2.24) is 14.9 Å². The number of fused-ring (bicyclic) bond motifs is 2. The van der Waals surface area contributed by atoms with Gasteiger partial charge in [0.1, 0.15) is 17.4 Å². The molecule has 0 aliphatic carbocycles. The summed E-state index contributed by atoms with van der Waals surface area (Å²) >= 11 is 0. The molecule has 8 heteroatoms. The minimum atomic E-state index is -1.05. The molecule has 0 saturated carbocycles. The van der Waals surface area contributed by atoms with Crippen LogP contribution in [0.25, 0.3) is 11.0 Å². The second kappa shape index (κ2) is 5.98. The molecule has 5 N–H and O–H groups in total. The number of hydrogen-bond acceptors (Lipinski definition) is 6. The molecule has 2 aliphatic rings. The van der Waals surface area contributed by atoms with Crippen LogP contribution in [0.5, 0.6) is 5.75 Å². The summed E-state index contributed by atoms with van der Waals surface area (Å²) in [5.41, 5.74) is 14.7. The van der Waals surface area contributed by atoms with Gasteiger partial charge in [0.05, 0.1) is 35.6 Å². The van der Waals surface area contributed by atoms with Crippen LogP contribution in [-0.2, 0) is 5.79 Å². The van der Waals surface area contributed by atoms with Crippen molar-refractivity contribution in [3.63, 3.8) is 0 Å². The van der Waals surface area contributed by atoms with Crippen molar-refractivity contribution >= 4 is 16.9 Å². The van der Waals surface area contributed by atoms with Crippen LogP contribution in [0.1, 0.15) is 17.9 Å². The number of aromatic nitrogens is 2. The number of amidine groups is 1. The summed E-state index contributed by atoms with van der Waals surface area (Å²) in [6, 6.07) is 12.3. The third-order valence-electron chi connectivity index (χ3n) is 5.35. The number of nitrogens with two attached hydrogens (primary N) is 2. The lowest BCUT2D eigenvalue weighted by Crippen LogP contribution is -2.53. The Morgan fingerprint density at radius 3 is 2.93 bits per heavy atom. The normalized spacial score (nSPS) is 24.0. The van der Waals surface area contributed by atoms with Crippen LogP contribution in [0.3, 0.4) is 0 Å². The molecule has 2 aromatic carbocycles. The van der Waals surface area contributed by atoms with Gasteiger partial charge in [-0.3, -0.25) is 4.57 Å². The average molecular weight is 378 g/mol. The second-order valence-electron chi connectivity index (χ2n) is 6.94. The number of benzene rings is 2. The molecule has 142 valence electrons. The third-order valence-corrected chi connectivity index (χ3v) is 5.35. The Balaban J connectivity index is 1.78. The topological polar surface area (TPSA) is 103 Å². The number of ether oxygens (including phenoxy) is 1. The quantitative estimate of drug-likeness (QED) is 0.634. The van der Waals surface area contributed by atoms with Crippen molar-refractivity contribution in [3.8, 4) is 5.75 Å². The van der Waals surface area contributed by atoms with Crippen LogP contribution in [0.15, 0.2) is 65.7 Å². The molecule has 28 heavy (non-hydrogen) atoms. The van der Waals surface area contributed by atoms with Crippen molar-refractivity contribution in [2.75, 3.05) is 6.61 Å². The van der Waals surface area contributed by atoms with E-state index in [0.717, 1.165) is 11.3 Å². The smallest absolute Gasteiger partial charge is 0.221 e. The molecule has 0 bridgehead atoms. The maximum atomic E-state index is 14.0. The predicted molar refractivity (Wildman–Crippen MR) is 104 cm³/mol. The lowest BCUT2D eigenvalue weighted by Gasteiger charge is -2.43. The first kappa shape index (κ1) is 16.6. The average Bonchev–Trinajstić information content (AvgIpc) is 3.13. The van der Waals surface area contributed by atoms with Gasteiger partial charge in [0.2, 0.25) is 5.79 Å². The highest BCUT2D eigenvalue weighted by molar-refractivity contribution is 5.97. The molecule has 0 radical (unpaired) electrons. The van der Waals surface area contributed by atoms with Gasteiger partial charge in [0.25, 0.3) is 0 Å². The Morgan fingerprint density at radius 1 is 1.21 bits per heavy atom. The second-order valence-corrected chi connectivity index (χ2v) is 6.94. The molecular formula is C20H19FN6O. The van der Waals surface area contributed by atoms with Gasteiger partial charge in [-0.25, -0.2) is 14.4 Å². The van der Waals surface area contributed by atoms with Crippen LogP contribution < -0.4 is 21.5 Å². The van der Waals surface area contributed by atoms with E-state index in [-0.39, 0.29) is 17.6 Å². The summed E-state index contributed by atoms with van der Waals surface area (Å²) in [5.74, 6) is -0.511. The van der Waals surface area contributed by atoms with Gasteiger partial charge in [0.15, 0.2) is 0 Å². The number of hydrogen-bond donors (Lipinski definition) is 3. The number of halogens is 1. The standard InChI is InChI=1S/C20H19FN6O/c21-12-5-6-16-17(9-12)27(11-24-16)20(25-10-15(22)19(23)26-20)14-7-8-28-18-4-2-1-3-13(14)18/h1-6,9-11,14,25H,7-8,22H2,(H2,23,26)/t14-,20?/m1/s1. The maximum absolute atomic E-state index is 14.0. The third kappa shape index (κ3) is 2.34. The first-order valence-electron chi connectivity index (χ1n) is 9.02. The minimum Gasteiger partial charge on any atom is -0.493 e. The van der Waals surface area contributed by atoms with E-state index in [1.54, 1.807) is 18.6 Å². The van der Waals surface area contributed by atoms with Crippen molar-refractivity contribution < 1.29 is 9.13 Å². The molecule has 3 heterocycles. The summed E-state index contributed by atoms with van der Waals surface area (Å²) in [5, 5.41) is 3.33. The van der Waals surface area contributed by atoms with Crippen LogP contribution in [0, 0.1) is 5.82 Å². The van der Waals surface area contributed by atoms with Gasteiger partial charge in [-0.2, -0.15) is 0 Å². The largest absolute Gasteiger partial charge is 0.493 e. The van der Waals surface area contributed by atoms with E-state index < -0.39 is 5.79 Å². The van der Waals surface area contributed by atoms with E-state index >= 15 is 0 Å². The fourth-order valence-electron chi connectivity index (χ4n) is 4.02. The van der Waals surface area contributed by atoms with E-state index in [4.69, 9.17) is 21.2 Å². The zero-order valence-electron chi connectivity index (χ0n) is 15.0. The molecular weight excluding hydrogens is 359 g/mol. The zero-order chi connectivity index (χ0) is 19.3. The lowest BCUT2D eigenvalue weighted by molar-refractivity contribution is 0.150. The highest BCUT2D eigenvalue weighted by atomic mass is 19.1. The van der Waals surface area contributed by atoms with Gasteiger partial charge < -0.3 is 21.5 Å².